The zero-order valence-electron chi connectivity index (χ0n) is 15.1. The van der Waals surface area contributed by atoms with Crippen LogP contribution in [0.25, 0.3) is 0 Å². The third-order valence-electron chi connectivity index (χ3n) is 4.00. The number of halogens is 3. The molecule has 1 aromatic heterocycles. The van der Waals surface area contributed by atoms with Crippen molar-refractivity contribution in [1.29, 1.82) is 0 Å². The van der Waals surface area contributed by atoms with Crippen molar-refractivity contribution in [2.75, 3.05) is 0 Å². The molecule has 0 bridgehead atoms. The van der Waals surface area contributed by atoms with Crippen molar-refractivity contribution in [2.45, 2.75) is 31.6 Å². The first kappa shape index (κ1) is 20.6. The number of rotatable bonds is 5. The van der Waals surface area contributed by atoms with Gasteiger partial charge in [-0.05, 0) is 38.1 Å². The Morgan fingerprint density at radius 2 is 1.83 bits per heavy atom. The predicted molar refractivity (Wildman–Crippen MR) is 88.3 cm³/mol. The zero-order chi connectivity index (χ0) is 21.4. The number of nitrogens with one attached hydrogen (secondary N) is 1. The third-order valence-corrected chi connectivity index (χ3v) is 4.00. The lowest BCUT2D eigenvalue weighted by molar-refractivity contribution is -0.274. The van der Waals surface area contributed by atoms with Crippen molar-refractivity contribution in [3.63, 3.8) is 0 Å². The number of furan rings is 1. The van der Waals surface area contributed by atoms with Crippen LogP contribution in [-0.2, 0) is 20.1 Å². The van der Waals surface area contributed by atoms with Crippen LogP contribution in [0, 0.1) is 0 Å². The van der Waals surface area contributed by atoms with Crippen molar-refractivity contribution in [3.05, 3.63) is 54.0 Å². The van der Waals surface area contributed by atoms with Gasteiger partial charge in [0.15, 0.2) is 5.72 Å². The van der Waals surface area contributed by atoms with Crippen LogP contribution in [0.4, 0.5) is 13.2 Å². The number of nitrogens with zero attached hydrogens (tertiary/aromatic N) is 1. The molecule has 0 aliphatic carbocycles. The van der Waals surface area contributed by atoms with Crippen LogP contribution in [0.2, 0.25) is 0 Å². The van der Waals surface area contributed by atoms with Gasteiger partial charge in [-0.2, -0.15) is 5.48 Å². The van der Waals surface area contributed by atoms with E-state index in [-0.39, 0.29) is 11.3 Å². The number of nitrogens with two attached hydrogens (primary N) is 1. The highest BCUT2D eigenvalue weighted by Gasteiger charge is 2.60. The standard InChI is InChI=1S/C17H16F3N3O6/c1-15(2)23(28-13(24)12-4-3-9-26-12)16(14(21)25,22-29-15)10-5-7-11(8-6-10)27-17(18,19)20/h3-9,22H,1-2H3,(H2,21,25). The van der Waals surface area contributed by atoms with Crippen LogP contribution in [0.3, 0.4) is 0 Å². The minimum Gasteiger partial charge on any atom is -0.457 e. The molecule has 1 amide bonds. The number of hydrogen-bond acceptors (Lipinski definition) is 8. The van der Waals surface area contributed by atoms with Crippen molar-refractivity contribution in [1.82, 2.24) is 10.5 Å². The second-order valence-corrected chi connectivity index (χ2v) is 6.45. The monoisotopic (exact) mass is 415 g/mol. The van der Waals surface area contributed by atoms with Crippen LogP contribution in [0.5, 0.6) is 5.75 Å². The molecule has 1 aliphatic heterocycles. The van der Waals surface area contributed by atoms with E-state index < -0.39 is 35.4 Å². The van der Waals surface area contributed by atoms with Gasteiger partial charge >= 0.3 is 12.3 Å². The van der Waals surface area contributed by atoms with Crippen molar-refractivity contribution < 1.29 is 41.6 Å². The fourth-order valence-corrected chi connectivity index (χ4v) is 2.75. The smallest absolute Gasteiger partial charge is 0.457 e. The molecule has 29 heavy (non-hydrogen) atoms. The fraction of sp³-hybridized carbons (Fsp3) is 0.294. The van der Waals surface area contributed by atoms with Gasteiger partial charge in [0.2, 0.25) is 11.4 Å². The van der Waals surface area contributed by atoms with Gasteiger partial charge < -0.3 is 19.7 Å². The van der Waals surface area contributed by atoms with E-state index in [9.17, 15) is 22.8 Å². The Morgan fingerprint density at radius 1 is 1.17 bits per heavy atom. The lowest BCUT2D eigenvalue weighted by Crippen LogP contribution is -2.60. The number of carbonyl (C=O) groups is 2. The molecule has 0 radical (unpaired) electrons. The topological polar surface area (TPSA) is 116 Å². The Labute approximate surface area is 162 Å². The van der Waals surface area contributed by atoms with Crippen LogP contribution >= 0.6 is 0 Å². The molecule has 9 nitrogen and oxygen atoms in total. The number of hydroxylamine groups is 3. The van der Waals surface area contributed by atoms with Gasteiger partial charge in [-0.1, -0.05) is 17.2 Å². The van der Waals surface area contributed by atoms with E-state index in [4.69, 9.17) is 19.8 Å². The van der Waals surface area contributed by atoms with Crippen LogP contribution in [0.1, 0.15) is 30.0 Å². The maximum absolute atomic E-state index is 12.4. The van der Waals surface area contributed by atoms with Gasteiger partial charge in [-0.25, -0.2) is 4.79 Å². The quantitative estimate of drug-likeness (QED) is 0.763. The average Bonchev–Trinajstić information content (AvgIpc) is 3.23. The fourth-order valence-electron chi connectivity index (χ4n) is 2.75. The number of primary amides is 1. The summed E-state index contributed by atoms with van der Waals surface area (Å²) in [7, 11) is 0. The highest BCUT2D eigenvalue weighted by atomic mass is 19.4. The molecule has 0 saturated carbocycles. The Bertz CT molecular complexity index is 898. The van der Waals surface area contributed by atoms with Gasteiger partial charge in [0.1, 0.15) is 5.75 Å². The van der Waals surface area contributed by atoms with Crippen LogP contribution in [0.15, 0.2) is 47.1 Å². The Hall–Kier alpha value is -3.09. The Kier molecular flexibility index (Phi) is 5.03. The third kappa shape index (κ3) is 3.90. The van der Waals surface area contributed by atoms with Gasteiger partial charge in [-0.15, -0.1) is 13.2 Å². The van der Waals surface area contributed by atoms with E-state index in [1.807, 2.05) is 0 Å². The molecular weight excluding hydrogens is 399 g/mol. The highest BCUT2D eigenvalue weighted by molar-refractivity contribution is 5.88. The SMILES string of the molecule is CC1(C)ONC(C(N)=O)(c2ccc(OC(F)(F)F)cc2)N1OC(=O)c1ccco1. The van der Waals surface area contributed by atoms with E-state index in [1.54, 1.807) is 0 Å². The molecule has 1 aromatic carbocycles. The molecule has 1 fully saturated rings. The normalized spacial score (nSPS) is 21.7. The first-order valence-electron chi connectivity index (χ1n) is 8.13. The summed E-state index contributed by atoms with van der Waals surface area (Å²) in [5.41, 5.74) is 4.60. The minimum atomic E-state index is -4.88. The summed E-state index contributed by atoms with van der Waals surface area (Å²) in [4.78, 5) is 35.5. The molecule has 3 rings (SSSR count). The van der Waals surface area contributed by atoms with E-state index in [2.05, 4.69) is 10.2 Å². The Morgan fingerprint density at radius 3 is 2.34 bits per heavy atom. The zero-order valence-corrected chi connectivity index (χ0v) is 15.1. The first-order chi connectivity index (χ1) is 13.5. The first-order valence-corrected chi connectivity index (χ1v) is 8.13. The molecule has 2 aromatic rings. The van der Waals surface area contributed by atoms with E-state index >= 15 is 0 Å². The second-order valence-electron chi connectivity index (χ2n) is 6.45. The van der Waals surface area contributed by atoms with Crippen molar-refractivity contribution in [3.8, 4) is 5.75 Å². The van der Waals surface area contributed by atoms with Gasteiger partial charge in [0, 0.05) is 5.56 Å². The van der Waals surface area contributed by atoms with E-state index in [0.717, 1.165) is 29.3 Å². The predicted octanol–water partition coefficient (Wildman–Crippen LogP) is 2.16. The Balaban J connectivity index is 1.98. The lowest BCUT2D eigenvalue weighted by atomic mass is 9.97. The average molecular weight is 415 g/mol. The summed E-state index contributed by atoms with van der Waals surface area (Å²) >= 11 is 0. The molecular formula is C17H16F3N3O6. The molecule has 0 spiro atoms. The number of amides is 1. The summed E-state index contributed by atoms with van der Waals surface area (Å²) in [6, 6.07) is 7.06. The molecule has 1 unspecified atom stereocenters. The summed E-state index contributed by atoms with van der Waals surface area (Å²) in [6.45, 7) is 2.95. The number of carbonyl (C=O) groups excluding carboxylic acids is 2. The molecule has 12 heteroatoms. The molecule has 1 atom stereocenters. The summed E-state index contributed by atoms with van der Waals surface area (Å²) in [6.07, 6.45) is -3.63. The summed E-state index contributed by atoms with van der Waals surface area (Å²) < 4.78 is 45.9. The minimum absolute atomic E-state index is 0.0392. The number of benzene rings is 1. The van der Waals surface area contributed by atoms with E-state index in [0.29, 0.717) is 0 Å². The molecule has 3 N–H and O–H groups in total. The summed E-state index contributed by atoms with van der Waals surface area (Å²) in [5, 5.41) is 0.868. The molecule has 2 heterocycles. The number of hydrogen-bond donors (Lipinski definition) is 2. The number of ether oxygens (including phenoxy) is 1. The second kappa shape index (κ2) is 7.06. The summed E-state index contributed by atoms with van der Waals surface area (Å²) in [5.74, 6) is -2.66. The van der Waals surface area contributed by atoms with E-state index in [1.165, 1.54) is 32.2 Å². The number of alkyl halides is 3. The molecule has 1 saturated heterocycles. The van der Waals surface area contributed by atoms with Crippen LogP contribution in [-0.4, -0.2) is 29.0 Å². The van der Waals surface area contributed by atoms with Gasteiger partial charge in [0.25, 0.3) is 5.91 Å². The maximum atomic E-state index is 12.4. The lowest BCUT2D eigenvalue weighted by Gasteiger charge is -2.36. The van der Waals surface area contributed by atoms with Gasteiger partial charge in [-0.3, -0.25) is 9.63 Å². The van der Waals surface area contributed by atoms with Gasteiger partial charge in [0.05, 0.1) is 6.26 Å². The maximum Gasteiger partial charge on any atom is 0.573 e. The molecule has 156 valence electrons. The van der Waals surface area contributed by atoms with Crippen molar-refractivity contribution in [2.24, 2.45) is 5.73 Å². The highest BCUT2D eigenvalue weighted by Crippen LogP contribution is 2.40. The molecule has 1 aliphatic rings. The van der Waals surface area contributed by atoms with Crippen LogP contribution < -0.4 is 16.0 Å². The van der Waals surface area contributed by atoms with Crippen molar-refractivity contribution >= 4 is 11.9 Å². The largest absolute Gasteiger partial charge is 0.573 e.